The topological polar surface area (TPSA) is 72.0 Å². The standard InChI is InChI=1S/C7H7BrN2O3/c1-2-13-7(12)4-3-9-10-6(11)5(4)8/h3H,2H2,1H3,(H,10,11). The molecule has 0 aliphatic carbocycles. The van der Waals surface area contributed by atoms with Crippen molar-refractivity contribution >= 4 is 21.9 Å². The summed E-state index contributed by atoms with van der Waals surface area (Å²) < 4.78 is 4.84. The van der Waals surface area contributed by atoms with E-state index in [4.69, 9.17) is 4.74 Å². The molecule has 1 heterocycles. The summed E-state index contributed by atoms with van der Waals surface area (Å²) in [5.41, 5.74) is -0.323. The van der Waals surface area contributed by atoms with E-state index in [0.29, 0.717) is 0 Å². The number of carbonyl (C=O) groups is 1. The Labute approximate surface area is 82.2 Å². The van der Waals surface area contributed by atoms with Gasteiger partial charge in [-0.1, -0.05) is 0 Å². The van der Waals surface area contributed by atoms with Gasteiger partial charge in [-0.2, -0.15) is 5.10 Å². The summed E-state index contributed by atoms with van der Waals surface area (Å²) in [5, 5.41) is 5.66. The first-order chi connectivity index (χ1) is 6.16. The van der Waals surface area contributed by atoms with Crippen molar-refractivity contribution in [2.24, 2.45) is 0 Å². The van der Waals surface area contributed by atoms with E-state index in [-0.39, 0.29) is 16.6 Å². The van der Waals surface area contributed by atoms with Crippen molar-refractivity contribution in [1.82, 2.24) is 10.2 Å². The number of ether oxygens (including phenoxy) is 1. The summed E-state index contributed by atoms with van der Waals surface area (Å²) in [7, 11) is 0. The molecule has 0 amide bonds. The summed E-state index contributed by atoms with van der Waals surface area (Å²) in [5.74, 6) is -0.562. The largest absolute Gasteiger partial charge is 0.462 e. The first-order valence-corrected chi connectivity index (χ1v) is 4.36. The summed E-state index contributed by atoms with van der Waals surface area (Å²) in [6, 6.07) is 0. The lowest BCUT2D eigenvalue weighted by atomic mass is 10.3. The predicted octanol–water partition coefficient (Wildman–Crippen LogP) is 0.709. The highest BCUT2D eigenvalue weighted by Gasteiger charge is 2.13. The maximum absolute atomic E-state index is 11.2. The molecule has 1 aromatic rings. The van der Waals surface area contributed by atoms with Crippen molar-refractivity contribution < 1.29 is 9.53 Å². The molecule has 1 aromatic heterocycles. The van der Waals surface area contributed by atoms with Crippen LogP contribution in [0.5, 0.6) is 0 Å². The van der Waals surface area contributed by atoms with Crippen LogP contribution >= 0.6 is 15.9 Å². The number of halogens is 1. The molecule has 70 valence electrons. The normalized spacial score (nSPS) is 9.69. The highest BCUT2D eigenvalue weighted by molar-refractivity contribution is 9.10. The van der Waals surface area contributed by atoms with Gasteiger partial charge in [0.1, 0.15) is 4.47 Å². The van der Waals surface area contributed by atoms with Gasteiger partial charge in [0.05, 0.1) is 18.4 Å². The van der Waals surface area contributed by atoms with E-state index in [0.717, 1.165) is 0 Å². The van der Waals surface area contributed by atoms with Gasteiger partial charge in [-0.05, 0) is 22.9 Å². The van der Waals surface area contributed by atoms with Crippen LogP contribution < -0.4 is 5.56 Å². The minimum absolute atomic E-state index is 0.130. The van der Waals surface area contributed by atoms with E-state index in [2.05, 4.69) is 26.1 Å². The molecular weight excluding hydrogens is 240 g/mol. The van der Waals surface area contributed by atoms with Gasteiger partial charge in [0.25, 0.3) is 5.56 Å². The average Bonchev–Trinajstić information content (AvgIpc) is 2.10. The molecule has 0 spiro atoms. The zero-order chi connectivity index (χ0) is 9.84. The fourth-order valence-electron chi connectivity index (χ4n) is 0.735. The molecule has 0 saturated carbocycles. The molecule has 0 atom stereocenters. The quantitative estimate of drug-likeness (QED) is 0.781. The second-order valence-electron chi connectivity index (χ2n) is 2.15. The van der Waals surface area contributed by atoms with Gasteiger partial charge in [0, 0.05) is 0 Å². The molecular formula is C7H7BrN2O3. The average molecular weight is 247 g/mol. The monoisotopic (exact) mass is 246 g/mol. The Bertz CT molecular complexity index is 374. The van der Waals surface area contributed by atoms with Gasteiger partial charge >= 0.3 is 5.97 Å². The van der Waals surface area contributed by atoms with Crippen LogP contribution in [0.4, 0.5) is 0 Å². The first-order valence-electron chi connectivity index (χ1n) is 3.57. The number of carbonyl (C=O) groups excluding carboxylic acids is 1. The van der Waals surface area contributed by atoms with Crippen molar-refractivity contribution in [2.75, 3.05) is 6.61 Å². The predicted molar refractivity (Wildman–Crippen MR) is 48.5 cm³/mol. The lowest BCUT2D eigenvalue weighted by Gasteiger charge is -2.01. The van der Waals surface area contributed by atoms with Gasteiger partial charge < -0.3 is 4.74 Å². The molecule has 0 unspecified atom stereocenters. The van der Waals surface area contributed by atoms with Crippen LogP contribution in [0.25, 0.3) is 0 Å². The second kappa shape index (κ2) is 4.18. The number of aromatic nitrogens is 2. The number of esters is 1. The summed E-state index contributed by atoms with van der Waals surface area (Å²) in [4.78, 5) is 22.1. The molecule has 5 nitrogen and oxygen atoms in total. The minimum Gasteiger partial charge on any atom is -0.462 e. The third kappa shape index (κ3) is 2.15. The van der Waals surface area contributed by atoms with E-state index in [9.17, 15) is 9.59 Å². The van der Waals surface area contributed by atoms with Crippen LogP contribution in [0.3, 0.4) is 0 Å². The zero-order valence-corrected chi connectivity index (χ0v) is 8.42. The zero-order valence-electron chi connectivity index (χ0n) is 6.83. The highest BCUT2D eigenvalue weighted by atomic mass is 79.9. The van der Waals surface area contributed by atoms with E-state index in [1.54, 1.807) is 6.92 Å². The lowest BCUT2D eigenvalue weighted by molar-refractivity contribution is 0.0524. The number of rotatable bonds is 2. The van der Waals surface area contributed by atoms with E-state index in [1.165, 1.54) is 6.20 Å². The van der Waals surface area contributed by atoms with Gasteiger partial charge in [-0.25, -0.2) is 9.89 Å². The maximum Gasteiger partial charge on any atom is 0.341 e. The summed E-state index contributed by atoms with van der Waals surface area (Å²) in [6.07, 6.45) is 1.24. The van der Waals surface area contributed by atoms with Gasteiger partial charge in [-0.15, -0.1) is 0 Å². The number of nitrogens with one attached hydrogen (secondary N) is 1. The van der Waals surface area contributed by atoms with E-state index >= 15 is 0 Å². The van der Waals surface area contributed by atoms with Crippen molar-refractivity contribution in [1.29, 1.82) is 0 Å². The van der Waals surface area contributed by atoms with Crippen LogP contribution in [-0.4, -0.2) is 22.8 Å². The van der Waals surface area contributed by atoms with Crippen molar-refractivity contribution in [3.63, 3.8) is 0 Å². The number of H-pyrrole nitrogens is 1. The smallest absolute Gasteiger partial charge is 0.341 e. The molecule has 6 heteroatoms. The van der Waals surface area contributed by atoms with Gasteiger partial charge in [0.15, 0.2) is 0 Å². The molecule has 0 saturated heterocycles. The molecule has 0 bridgehead atoms. The van der Waals surface area contributed by atoms with Gasteiger partial charge in [-0.3, -0.25) is 4.79 Å². The molecule has 1 rings (SSSR count). The fourth-order valence-corrected chi connectivity index (χ4v) is 1.09. The van der Waals surface area contributed by atoms with Crippen molar-refractivity contribution in [3.8, 4) is 0 Å². The van der Waals surface area contributed by atoms with Crippen molar-refractivity contribution in [3.05, 3.63) is 26.6 Å². The maximum atomic E-state index is 11.2. The van der Waals surface area contributed by atoms with Crippen LogP contribution in [-0.2, 0) is 4.74 Å². The van der Waals surface area contributed by atoms with Crippen LogP contribution in [0, 0.1) is 0 Å². The second-order valence-corrected chi connectivity index (χ2v) is 2.94. The number of hydrogen-bond donors (Lipinski definition) is 1. The first kappa shape index (κ1) is 9.91. The third-order valence-corrected chi connectivity index (χ3v) is 2.08. The number of aromatic amines is 1. The molecule has 0 aliphatic heterocycles. The lowest BCUT2D eigenvalue weighted by Crippen LogP contribution is -2.15. The Balaban J connectivity index is 3.08. The summed E-state index contributed by atoms with van der Waals surface area (Å²) in [6.45, 7) is 1.95. The Morgan fingerprint density at radius 2 is 2.46 bits per heavy atom. The molecule has 1 N–H and O–H groups in total. The molecule has 13 heavy (non-hydrogen) atoms. The van der Waals surface area contributed by atoms with Crippen LogP contribution in [0.1, 0.15) is 17.3 Å². The number of nitrogens with zero attached hydrogens (tertiary/aromatic N) is 1. The highest BCUT2D eigenvalue weighted by Crippen LogP contribution is 2.10. The number of hydrogen-bond acceptors (Lipinski definition) is 4. The Kier molecular flexibility index (Phi) is 3.18. The fraction of sp³-hybridized carbons (Fsp3) is 0.286. The molecule has 0 aliphatic rings. The van der Waals surface area contributed by atoms with Crippen LogP contribution in [0.15, 0.2) is 15.5 Å². The molecule has 0 radical (unpaired) electrons. The van der Waals surface area contributed by atoms with E-state index in [1.807, 2.05) is 0 Å². The third-order valence-electron chi connectivity index (χ3n) is 1.29. The minimum atomic E-state index is -0.562. The van der Waals surface area contributed by atoms with Gasteiger partial charge in [0.2, 0.25) is 0 Å². The SMILES string of the molecule is CCOC(=O)c1cn[nH]c(=O)c1Br. The molecule has 0 aromatic carbocycles. The Morgan fingerprint density at radius 1 is 1.77 bits per heavy atom. The van der Waals surface area contributed by atoms with E-state index < -0.39 is 11.5 Å². The Morgan fingerprint density at radius 3 is 3.08 bits per heavy atom. The van der Waals surface area contributed by atoms with Crippen molar-refractivity contribution in [2.45, 2.75) is 6.92 Å². The summed E-state index contributed by atoms with van der Waals surface area (Å²) >= 11 is 2.97. The Hall–Kier alpha value is -1.17. The molecule has 0 fully saturated rings. The van der Waals surface area contributed by atoms with Crippen LogP contribution in [0.2, 0.25) is 0 Å².